The summed E-state index contributed by atoms with van der Waals surface area (Å²) in [6, 6.07) is 8.33. The largest absolute Gasteiger partial charge is 0.497 e. The van der Waals surface area contributed by atoms with Crippen molar-refractivity contribution in [1.82, 2.24) is 4.98 Å². The Balaban J connectivity index is 1.31. The second-order valence-electron chi connectivity index (χ2n) is 11.2. The van der Waals surface area contributed by atoms with Crippen molar-refractivity contribution < 1.29 is 19.4 Å². The lowest BCUT2D eigenvalue weighted by Gasteiger charge is -2.33. The number of aryl methyl sites for hydroxylation is 1. The second kappa shape index (κ2) is 13.8. The summed E-state index contributed by atoms with van der Waals surface area (Å²) in [7, 11) is 1.69. The molecular formula is C30H42N2O4S2. The number of anilines is 1. The van der Waals surface area contributed by atoms with Crippen LogP contribution in [0.3, 0.4) is 0 Å². The van der Waals surface area contributed by atoms with E-state index in [9.17, 15) is 14.7 Å². The maximum Gasteiger partial charge on any atom is 0.320 e. The Kier molecular flexibility index (Phi) is 10.5. The van der Waals surface area contributed by atoms with Crippen LogP contribution in [0.15, 0.2) is 34.7 Å². The van der Waals surface area contributed by atoms with E-state index in [1.54, 1.807) is 13.3 Å². The monoisotopic (exact) mass is 558 g/mol. The highest BCUT2D eigenvalue weighted by Gasteiger charge is 2.41. The number of carboxylic acid groups (broad SMARTS) is 1. The van der Waals surface area contributed by atoms with Gasteiger partial charge in [-0.2, -0.15) is 0 Å². The number of methoxy groups -OCH3 is 1. The van der Waals surface area contributed by atoms with Crippen molar-refractivity contribution in [2.75, 3.05) is 12.4 Å². The van der Waals surface area contributed by atoms with Gasteiger partial charge in [0.05, 0.1) is 17.5 Å². The molecule has 0 unspecified atom stereocenters. The Morgan fingerprint density at radius 3 is 2.50 bits per heavy atom. The molecule has 0 radical (unpaired) electrons. The molecule has 2 saturated carbocycles. The van der Waals surface area contributed by atoms with Gasteiger partial charge >= 0.3 is 5.97 Å². The highest BCUT2D eigenvalue weighted by Crippen LogP contribution is 2.46. The first-order chi connectivity index (χ1) is 18.4. The summed E-state index contributed by atoms with van der Waals surface area (Å²) >= 11 is 2.80. The molecule has 2 aliphatic rings. The molecule has 38 heavy (non-hydrogen) atoms. The number of rotatable bonds is 12. The number of aromatic nitrogens is 1. The normalized spacial score (nSPS) is 21.9. The summed E-state index contributed by atoms with van der Waals surface area (Å²) in [6.07, 6.45) is 14.6. The van der Waals surface area contributed by atoms with Crippen molar-refractivity contribution in [1.29, 1.82) is 0 Å². The first-order valence-electron chi connectivity index (χ1n) is 14.2. The number of nitrogens with one attached hydrogen (secondary N) is 1. The average Bonchev–Trinajstić information content (AvgIpc) is 3.36. The van der Waals surface area contributed by atoms with Gasteiger partial charge in [0.1, 0.15) is 10.5 Å². The number of thioether (sulfide) groups is 1. The van der Waals surface area contributed by atoms with E-state index >= 15 is 0 Å². The summed E-state index contributed by atoms with van der Waals surface area (Å²) in [4.78, 5) is 29.3. The second-order valence-corrected chi connectivity index (χ2v) is 13.9. The third kappa shape index (κ3) is 7.98. The predicted molar refractivity (Wildman–Crippen MR) is 155 cm³/mol. The first kappa shape index (κ1) is 28.9. The van der Waals surface area contributed by atoms with Crippen molar-refractivity contribution >= 4 is 40.1 Å². The van der Waals surface area contributed by atoms with Gasteiger partial charge in [-0.05, 0) is 80.4 Å². The van der Waals surface area contributed by atoms with Crippen LogP contribution in [0.5, 0.6) is 5.75 Å². The van der Waals surface area contributed by atoms with Crippen LogP contribution in [0, 0.1) is 17.8 Å². The topological polar surface area (TPSA) is 88.5 Å². The van der Waals surface area contributed by atoms with E-state index in [4.69, 9.17) is 4.74 Å². The number of carbonyl (C=O) groups is 2. The van der Waals surface area contributed by atoms with Gasteiger partial charge in [0.2, 0.25) is 5.91 Å². The highest BCUT2D eigenvalue weighted by molar-refractivity contribution is 8.03. The minimum atomic E-state index is -0.763. The maximum atomic E-state index is 12.9. The number of amides is 1. The first-order valence-corrected chi connectivity index (χ1v) is 15.8. The number of ether oxygens (including phenoxy) is 1. The van der Waals surface area contributed by atoms with Gasteiger partial charge in [-0.3, -0.25) is 9.59 Å². The lowest BCUT2D eigenvalue weighted by atomic mass is 9.73. The Morgan fingerprint density at radius 2 is 1.84 bits per heavy atom. The molecule has 6 nitrogen and oxygen atoms in total. The van der Waals surface area contributed by atoms with Crippen LogP contribution in [0.2, 0.25) is 0 Å². The van der Waals surface area contributed by atoms with Gasteiger partial charge in [0.25, 0.3) is 0 Å². The van der Waals surface area contributed by atoms with Crippen molar-refractivity contribution in [3.05, 3.63) is 36.0 Å². The van der Waals surface area contributed by atoms with Crippen molar-refractivity contribution in [2.45, 2.75) is 99.4 Å². The molecule has 0 spiro atoms. The van der Waals surface area contributed by atoms with Gasteiger partial charge < -0.3 is 15.2 Å². The molecule has 1 heterocycles. The Morgan fingerprint density at radius 1 is 1.13 bits per heavy atom. The third-order valence-electron chi connectivity index (χ3n) is 8.51. The molecule has 0 aliphatic heterocycles. The van der Waals surface area contributed by atoms with Gasteiger partial charge in [0, 0.05) is 6.42 Å². The van der Waals surface area contributed by atoms with Gasteiger partial charge in [-0.1, -0.05) is 74.3 Å². The summed E-state index contributed by atoms with van der Waals surface area (Å²) in [6.45, 7) is 2.35. The molecule has 1 amide bonds. The van der Waals surface area contributed by atoms with E-state index in [-0.39, 0.29) is 5.91 Å². The van der Waals surface area contributed by atoms with Crippen molar-refractivity contribution in [2.24, 2.45) is 17.8 Å². The molecule has 1 atom stereocenters. The molecule has 4 rings (SSSR count). The number of nitrogens with zero attached hydrogens (tertiary/aromatic N) is 1. The Labute approximate surface area is 235 Å². The molecule has 0 saturated heterocycles. The van der Waals surface area contributed by atoms with E-state index in [0.29, 0.717) is 36.2 Å². The summed E-state index contributed by atoms with van der Waals surface area (Å²) in [5.74, 6) is 2.16. The zero-order valence-corrected chi connectivity index (χ0v) is 24.4. The molecule has 208 valence electrons. The fourth-order valence-electron chi connectivity index (χ4n) is 6.05. The average molecular weight is 559 g/mol. The lowest BCUT2D eigenvalue weighted by molar-refractivity contribution is -0.140. The van der Waals surface area contributed by atoms with Crippen LogP contribution in [0.1, 0.15) is 89.5 Å². The smallest absolute Gasteiger partial charge is 0.320 e. The zero-order chi connectivity index (χ0) is 27.0. The van der Waals surface area contributed by atoms with Crippen LogP contribution >= 0.6 is 23.1 Å². The van der Waals surface area contributed by atoms with E-state index in [1.165, 1.54) is 54.3 Å². The molecule has 0 bridgehead atoms. The number of thiazole rings is 1. The number of aliphatic carboxylic acids is 1. The predicted octanol–water partition coefficient (Wildman–Crippen LogP) is 7.83. The quantitative estimate of drug-likeness (QED) is 0.276. The van der Waals surface area contributed by atoms with E-state index in [1.807, 2.05) is 12.1 Å². The SMILES string of the molecule is COc1ccc(CC[C@H](CCC(=O)Nc2ncc(SC3(C(=O)O)CCCCC3)s2)C2CCC(C)CC2)cc1. The highest BCUT2D eigenvalue weighted by atomic mass is 32.2. The van der Waals surface area contributed by atoms with E-state index < -0.39 is 10.7 Å². The van der Waals surface area contributed by atoms with Crippen LogP contribution in [0.25, 0.3) is 0 Å². The fraction of sp³-hybridized carbons (Fsp3) is 0.633. The standard InChI is InChI=1S/C30H42N2O4S2/c1-21-6-11-23(12-7-21)24(13-8-22-9-15-25(36-2)16-10-22)14-17-26(33)32-29-31-20-27(37-29)38-30(28(34)35)18-4-3-5-19-30/h9-10,15-16,20-21,23-24H,3-8,11-14,17-19H2,1-2H3,(H,34,35)(H,31,32,33)/t21?,23?,24-/m1/s1. The minimum absolute atomic E-state index is 0.000129. The number of benzene rings is 1. The van der Waals surface area contributed by atoms with E-state index in [0.717, 1.165) is 54.4 Å². The number of hydrogen-bond acceptors (Lipinski definition) is 6. The van der Waals surface area contributed by atoms with Crippen LogP contribution in [0.4, 0.5) is 5.13 Å². The van der Waals surface area contributed by atoms with Crippen LogP contribution < -0.4 is 10.1 Å². The van der Waals surface area contributed by atoms with Gasteiger partial charge in [0.15, 0.2) is 5.13 Å². The van der Waals surface area contributed by atoms with Gasteiger partial charge in [-0.25, -0.2) is 4.98 Å². The van der Waals surface area contributed by atoms with E-state index in [2.05, 4.69) is 29.4 Å². The molecule has 2 fully saturated rings. The van der Waals surface area contributed by atoms with Crippen molar-refractivity contribution in [3.63, 3.8) is 0 Å². The fourth-order valence-corrected chi connectivity index (χ4v) is 8.57. The molecule has 1 aromatic carbocycles. The summed E-state index contributed by atoms with van der Waals surface area (Å²) in [5.41, 5.74) is 1.31. The molecular weight excluding hydrogens is 516 g/mol. The summed E-state index contributed by atoms with van der Waals surface area (Å²) < 4.78 is 5.39. The molecule has 2 N–H and O–H groups in total. The Bertz CT molecular complexity index is 1040. The number of carbonyl (C=O) groups excluding carboxylic acids is 1. The molecule has 2 aromatic rings. The lowest BCUT2D eigenvalue weighted by Crippen LogP contribution is -2.36. The molecule has 1 aromatic heterocycles. The maximum absolute atomic E-state index is 12.9. The number of hydrogen-bond donors (Lipinski definition) is 2. The van der Waals surface area contributed by atoms with Crippen molar-refractivity contribution in [3.8, 4) is 5.75 Å². The van der Waals surface area contributed by atoms with Crippen LogP contribution in [-0.2, 0) is 16.0 Å². The zero-order valence-electron chi connectivity index (χ0n) is 22.7. The van der Waals surface area contributed by atoms with Gasteiger partial charge in [-0.15, -0.1) is 0 Å². The molecule has 2 aliphatic carbocycles. The molecule has 8 heteroatoms. The van der Waals surface area contributed by atoms with Crippen LogP contribution in [-0.4, -0.2) is 33.8 Å². The Hall–Kier alpha value is -2.06. The summed E-state index contributed by atoms with van der Waals surface area (Å²) in [5, 5.41) is 13.4. The number of carboxylic acids is 1. The minimum Gasteiger partial charge on any atom is -0.497 e. The third-order valence-corrected chi connectivity index (χ3v) is 11.0.